The van der Waals surface area contributed by atoms with Gasteiger partial charge in [-0.1, -0.05) is 44.2 Å². The maximum absolute atomic E-state index is 13.0. The van der Waals surface area contributed by atoms with E-state index in [1.54, 1.807) is 4.90 Å². The van der Waals surface area contributed by atoms with Crippen molar-refractivity contribution in [2.45, 2.75) is 26.8 Å². The molecule has 1 saturated heterocycles. The van der Waals surface area contributed by atoms with Crippen molar-refractivity contribution in [2.75, 3.05) is 32.7 Å². The third-order valence-electron chi connectivity index (χ3n) is 4.29. The van der Waals surface area contributed by atoms with Crippen LogP contribution in [0.2, 0.25) is 0 Å². The lowest BCUT2D eigenvalue weighted by atomic mass is 10.0. The Labute approximate surface area is 138 Å². The lowest BCUT2D eigenvalue weighted by Gasteiger charge is -2.42. The molecule has 1 fully saturated rings. The second kappa shape index (κ2) is 7.42. The number of carbonyl (C=O) groups excluding carboxylic acids is 1. The van der Waals surface area contributed by atoms with E-state index >= 15 is 0 Å². The van der Waals surface area contributed by atoms with Gasteiger partial charge in [0.05, 0.1) is 6.04 Å². The molecule has 0 bridgehead atoms. The topological polar surface area (TPSA) is 60.9 Å². The van der Waals surface area contributed by atoms with Gasteiger partial charge in [-0.2, -0.15) is 17.0 Å². The zero-order valence-corrected chi connectivity index (χ0v) is 14.8. The average Bonchev–Trinajstić information content (AvgIpc) is 2.56. The van der Waals surface area contributed by atoms with Crippen LogP contribution in [0.3, 0.4) is 0 Å². The van der Waals surface area contributed by atoms with Gasteiger partial charge < -0.3 is 4.90 Å². The first-order valence-corrected chi connectivity index (χ1v) is 9.38. The van der Waals surface area contributed by atoms with Crippen LogP contribution in [0.5, 0.6) is 0 Å². The van der Waals surface area contributed by atoms with E-state index in [4.69, 9.17) is 0 Å². The van der Waals surface area contributed by atoms with Crippen LogP contribution in [-0.4, -0.2) is 60.6 Å². The zero-order valence-electron chi connectivity index (χ0n) is 14.0. The van der Waals surface area contributed by atoms with Crippen LogP contribution < -0.4 is 0 Å². The predicted molar refractivity (Wildman–Crippen MR) is 90.0 cm³/mol. The highest BCUT2D eigenvalue weighted by molar-refractivity contribution is 7.86. The standard InChI is InChI=1S/C16H25N3O3S/c1-4-18(5-2)23(21,22)19-12-11-17(14(3)20)13-16(19)15-9-7-6-8-10-15/h6-10,16H,4-5,11-13H2,1-3H3/t16-/m1/s1. The zero-order chi connectivity index (χ0) is 17.0. The molecule has 1 aliphatic rings. The normalized spacial score (nSPS) is 20.0. The van der Waals surface area contributed by atoms with E-state index in [1.165, 1.54) is 15.5 Å². The summed E-state index contributed by atoms with van der Waals surface area (Å²) in [6, 6.07) is 9.17. The third-order valence-corrected chi connectivity index (χ3v) is 6.49. The van der Waals surface area contributed by atoms with Crippen molar-refractivity contribution in [3.8, 4) is 0 Å². The van der Waals surface area contributed by atoms with Crippen LogP contribution in [0.15, 0.2) is 30.3 Å². The molecule has 0 N–H and O–H groups in total. The largest absolute Gasteiger partial charge is 0.340 e. The molecule has 1 atom stereocenters. The van der Waals surface area contributed by atoms with Crippen molar-refractivity contribution in [1.82, 2.24) is 13.5 Å². The van der Waals surface area contributed by atoms with E-state index in [0.29, 0.717) is 32.7 Å². The Bertz CT molecular complexity index is 629. The molecule has 6 nitrogen and oxygen atoms in total. The summed E-state index contributed by atoms with van der Waals surface area (Å²) in [5.41, 5.74) is 0.911. The van der Waals surface area contributed by atoms with Gasteiger partial charge >= 0.3 is 0 Å². The van der Waals surface area contributed by atoms with Crippen LogP contribution >= 0.6 is 0 Å². The van der Waals surface area contributed by atoms with E-state index in [9.17, 15) is 13.2 Å². The van der Waals surface area contributed by atoms with Crippen molar-refractivity contribution >= 4 is 16.1 Å². The fourth-order valence-corrected chi connectivity index (χ4v) is 4.75. The predicted octanol–water partition coefficient (Wildman–Crippen LogP) is 1.48. The van der Waals surface area contributed by atoms with E-state index < -0.39 is 10.2 Å². The third kappa shape index (κ3) is 3.73. The van der Waals surface area contributed by atoms with E-state index in [0.717, 1.165) is 5.56 Å². The maximum atomic E-state index is 13.0. The van der Waals surface area contributed by atoms with Gasteiger partial charge in [0, 0.05) is 39.6 Å². The molecule has 0 aliphatic carbocycles. The summed E-state index contributed by atoms with van der Waals surface area (Å²) < 4.78 is 28.9. The first-order valence-electron chi connectivity index (χ1n) is 7.99. The molecule has 1 aliphatic heterocycles. The quantitative estimate of drug-likeness (QED) is 0.816. The first-order chi connectivity index (χ1) is 10.9. The first kappa shape index (κ1) is 17.9. The molecule has 1 aromatic rings. The van der Waals surface area contributed by atoms with Crippen LogP contribution in [-0.2, 0) is 15.0 Å². The van der Waals surface area contributed by atoms with Crippen LogP contribution in [0.25, 0.3) is 0 Å². The Balaban J connectivity index is 2.38. The summed E-state index contributed by atoms with van der Waals surface area (Å²) >= 11 is 0. The monoisotopic (exact) mass is 339 g/mol. The Morgan fingerprint density at radius 1 is 1.17 bits per heavy atom. The highest BCUT2D eigenvalue weighted by Gasteiger charge is 2.39. The van der Waals surface area contributed by atoms with Gasteiger partial charge in [-0.05, 0) is 5.56 Å². The molecule has 0 aromatic heterocycles. The molecule has 23 heavy (non-hydrogen) atoms. The van der Waals surface area contributed by atoms with Gasteiger partial charge in [0.25, 0.3) is 10.2 Å². The summed E-state index contributed by atoms with van der Waals surface area (Å²) in [7, 11) is -3.54. The van der Waals surface area contributed by atoms with Crippen molar-refractivity contribution in [3.63, 3.8) is 0 Å². The molecule has 0 radical (unpaired) electrons. The molecule has 0 unspecified atom stereocenters. The van der Waals surface area contributed by atoms with E-state index in [1.807, 2.05) is 44.2 Å². The molecule has 1 heterocycles. The minimum Gasteiger partial charge on any atom is -0.340 e. The van der Waals surface area contributed by atoms with Gasteiger partial charge in [0.2, 0.25) is 5.91 Å². The number of hydrogen-bond donors (Lipinski definition) is 0. The van der Waals surface area contributed by atoms with Gasteiger partial charge in [-0.25, -0.2) is 0 Å². The van der Waals surface area contributed by atoms with E-state index in [2.05, 4.69) is 0 Å². The van der Waals surface area contributed by atoms with Crippen molar-refractivity contribution in [3.05, 3.63) is 35.9 Å². The summed E-state index contributed by atoms with van der Waals surface area (Å²) in [4.78, 5) is 13.4. The number of carbonyl (C=O) groups is 1. The van der Waals surface area contributed by atoms with Gasteiger partial charge in [0.1, 0.15) is 0 Å². The molecule has 0 saturated carbocycles. The summed E-state index contributed by atoms with van der Waals surface area (Å²) in [5, 5.41) is 0. The maximum Gasteiger partial charge on any atom is 0.282 e. The second-order valence-corrected chi connectivity index (χ2v) is 7.48. The Kier molecular flexibility index (Phi) is 5.78. The molecule has 2 rings (SSSR count). The average molecular weight is 339 g/mol. The smallest absolute Gasteiger partial charge is 0.282 e. The molecule has 7 heteroatoms. The highest BCUT2D eigenvalue weighted by atomic mass is 32.2. The van der Waals surface area contributed by atoms with Crippen LogP contribution in [0, 0.1) is 0 Å². The SMILES string of the molecule is CCN(CC)S(=O)(=O)N1CCN(C(C)=O)C[C@@H]1c1ccccc1. The lowest BCUT2D eigenvalue weighted by molar-refractivity contribution is -0.131. The number of hydrogen-bond acceptors (Lipinski definition) is 3. The number of benzene rings is 1. The Morgan fingerprint density at radius 3 is 2.30 bits per heavy atom. The van der Waals surface area contributed by atoms with Crippen LogP contribution in [0.1, 0.15) is 32.4 Å². The van der Waals surface area contributed by atoms with Crippen molar-refractivity contribution in [2.24, 2.45) is 0 Å². The Morgan fingerprint density at radius 2 is 1.78 bits per heavy atom. The number of nitrogens with zero attached hydrogens (tertiary/aromatic N) is 3. The number of rotatable bonds is 5. The summed E-state index contributed by atoms with van der Waals surface area (Å²) in [5.74, 6) is -0.0224. The van der Waals surface area contributed by atoms with Gasteiger partial charge in [-0.15, -0.1) is 0 Å². The molecular weight excluding hydrogens is 314 g/mol. The number of piperazine rings is 1. The molecule has 128 valence electrons. The van der Waals surface area contributed by atoms with Gasteiger partial charge in [0.15, 0.2) is 0 Å². The molecule has 0 spiro atoms. The molecular formula is C16H25N3O3S. The second-order valence-electron chi connectivity index (χ2n) is 5.59. The lowest BCUT2D eigenvalue weighted by Crippen LogP contribution is -2.55. The summed E-state index contributed by atoms with van der Waals surface area (Å²) in [6.07, 6.45) is 0. The van der Waals surface area contributed by atoms with Gasteiger partial charge in [-0.3, -0.25) is 4.79 Å². The number of amides is 1. The fourth-order valence-electron chi connectivity index (χ4n) is 2.97. The molecule has 1 aromatic carbocycles. The fraction of sp³-hybridized carbons (Fsp3) is 0.562. The minimum atomic E-state index is -3.54. The Hall–Kier alpha value is -1.44. The van der Waals surface area contributed by atoms with Crippen LogP contribution in [0.4, 0.5) is 0 Å². The van der Waals surface area contributed by atoms with E-state index in [-0.39, 0.29) is 11.9 Å². The highest BCUT2D eigenvalue weighted by Crippen LogP contribution is 2.29. The van der Waals surface area contributed by atoms with Crippen molar-refractivity contribution < 1.29 is 13.2 Å². The van der Waals surface area contributed by atoms with Crippen molar-refractivity contribution in [1.29, 1.82) is 0 Å². The summed E-state index contributed by atoms with van der Waals surface area (Å²) in [6.45, 7) is 7.21. The molecule has 1 amide bonds. The minimum absolute atomic E-state index is 0.0224.